The van der Waals surface area contributed by atoms with Crippen LogP contribution in [0.25, 0.3) is 0 Å². The summed E-state index contributed by atoms with van der Waals surface area (Å²) < 4.78 is 28.5. The van der Waals surface area contributed by atoms with Gasteiger partial charge < -0.3 is 0 Å². The van der Waals surface area contributed by atoms with Crippen LogP contribution in [0.3, 0.4) is 0 Å². The van der Waals surface area contributed by atoms with E-state index in [1.54, 1.807) is 14.0 Å². The monoisotopic (exact) mass is 219 g/mol. The number of hydrogen-bond acceptors (Lipinski definition) is 5. The summed E-state index contributed by atoms with van der Waals surface area (Å²) in [4.78, 5) is 3.90. The molecule has 0 aliphatic heterocycles. The molecule has 1 atom stereocenters. The first-order valence-corrected chi connectivity index (χ1v) is 5.79. The maximum absolute atomic E-state index is 11.1. The molecule has 1 unspecified atom stereocenters. The third-order valence-electron chi connectivity index (χ3n) is 1.63. The van der Waals surface area contributed by atoms with Crippen molar-refractivity contribution in [3.05, 3.63) is 12.2 Å². The topological polar surface area (TPSA) is 74.1 Å². The lowest BCUT2D eigenvalue weighted by Gasteiger charge is -2.07. The van der Waals surface area contributed by atoms with Crippen molar-refractivity contribution in [2.45, 2.75) is 20.0 Å². The van der Waals surface area contributed by atoms with Crippen molar-refractivity contribution >= 4 is 10.1 Å². The predicted molar refractivity (Wildman–Crippen MR) is 50.0 cm³/mol. The first-order chi connectivity index (χ1) is 6.44. The molecule has 0 saturated heterocycles. The Morgan fingerprint density at radius 2 is 2.29 bits per heavy atom. The third-order valence-corrected chi connectivity index (χ3v) is 2.91. The molecule has 0 aromatic carbocycles. The Hall–Kier alpha value is -0.950. The molecule has 0 bridgehead atoms. The zero-order chi connectivity index (χ0) is 10.8. The van der Waals surface area contributed by atoms with Crippen LogP contribution in [0, 0.1) is 0 Å². The van der Waals surface area contributed by atoms with Crippen LogP contribution in [0.1, 0.15) is 25.8 Å². The fraction of sp³-hybridized carbons (Fsp3) is 0.714. The van der Waals surface area contributed by atoms with Crippen molar-refractivity contribution in [2.75, 3.05) is 5.75 Å². The van der Waals surface area contributed by atoms with Crippen molar-refractivity contribution in [2.24, 2.45) is 7.05 Å². The van der Waals surface area contributed by atoms with Gasteiger partial charge in [0.1, 0.15) is 12.4 Å². The molecule has 0 aliphatic rings. The van der Waals surface area contributed by atoms with Crippen LogP contribution < -0.4 is 0 Å². The Labute approximate surface area is 83.0 Å². The molecule has 0 amide bonds. The van der Waals surface area contributed by atoms with Crippen molar-refractivity contribution in [3.63, 3.8) is 0 Å². The summed E-state index contributed by atoms with van der Waals surface area (Å²) in [5.41, 5.74) is 0. The van der Waals surface area contributed by atoms with Crippen molar-refractivity contribution in [1.29, 1.82) is 0 Å². The average Bonchev–Trinajstić information content (AvgIpc) is 2.51. The van der Waals surface area contributed by atoms with Crippen molar-refractivity contribution < 1.29 is 12.6 Å². The van der Waals surface area contributed by atoms with Crippen LogP contribution in [0.2, 0.25) is 0 Å². The van der Waals surface area contributed by atoms with Gasteiger partial charge in [0, 0.05) is 7.05 Å². The van der Waals surface area contributed by atoms with Crippen LogP contribution in [0.15, 0.2) is 6.33 Å². The van der Waals surface area contributed by atoms with Gasteiger partial charge in [0.25, 0.3) is 10.1 Å². The van der Waals surface area contributed by atoms with E-state index < -0.39 is 16.2 Å². The summed E-state index contributed by atoms with van der Waals surface area (Å²) in [5.74, 6) is 0.314. The minimum Gasteiger partial charge on any atom is -0.259 e. The largest absolute Gasteiger partial charge is 0.267 e. The smallest absolute Gasteiger partial charge is 0.259 e. The zero-order valence-electron chi connectivity index (χ0n) is 8.34. The summed E-state index contributed by atoms with van der Waals surface area (Å²) >= 11 is 0. The van der Waals surface area contributed by atoms with E-state index in [0.717, 1.165) is 0 Å². The van der Waals surface area contributed by atoms with E-state index >= 15 is 0 Å². The Kier molecular flexibility index (Phi) is 3.22. The number of aryl methyl sites for hydroxylation is 1. The van der Waals surface area contributed by atoms with Gasteiger partial charge in [0.2, 0.25) is 0 Å². The highest BCUT2D eigenvalue weighted by Gasteiger charge is 2.18. The van der Waals surface area contributed by atoms with Gasteiger partial charge in [-0.3, -0.25) is 8.86 Å². The molecule has 0 spiro atoms. The molecule has 7 heteroatoms. The standard InChI is InChI=1S/C7H13N3O3S/c1-4-14(11,12)13-6(2)7-8-5-10(3)9-7/h5-6H,4H2,1-3H3. The Morgan fingerprint density at radius 1 is 1.64 bits per heavy atom. The molecule has 0 N–H and O–H groups in total. The van der Waals surface area contributed by atoms with E-state index in [1.165, 1.54) is 17.9 Å². The van der Waals surface area contributed by atoms with Gasteiger partial charge in [-0.15, -0.1) is 0 Å². The Bertz CT molecular complexity index is 398. The van der Waals surface area contributed by atoms with E-state index in [-0.39, 0.29) is 5.75 Å². The summed E-state index contributed by atoms with van der Waals surface area (Å²) in [6.07, 6.45) is 0.856. The molecule has 1 aromatic rings. The van der Waals surface area contributed by atoms with Gasteiger partial charge in [0.15, 0.2) is 5.82 Å². The minimum absolute atomic E-state index is 0.0514. The second-order valence-electron chi connectivity index (χ2n) is 2.86. The highest BCUT2D eigenvalue weighted by atomic mass is 32.2. The zero-order valence-corrected chi connectivity index (χ0v) is 9.15. The number of nitrogens with zero attached hydrogens (tertiary/aromatic N) is 3. The first kappa shape index (κ1) is 11.1. The summed E-state index contributed by atoms with van der Waals surface area (Å²) in [5, 5.41) is 3.95. The lowest BCUT2D eigenvalue weighted by Crippen LogP contribution is -2.12. The van der Waals surface area contributed by atoms with Gasteiger partial charge >= 0.3 is 0 Å². The quantitative estimate of drug-likeness (QED) is 0.678. The number of rotatable bonds is 4. The first-order valence-electron chi connectivity index (χ1n) is 4.21. The SMILES string of the molecule is CCS(=O)(=O)OC(C)c1ncn(C)n1. The Morgan fingerprint density at radius 3 is 2.71 bits per heavy atom. The van der Waals surface area contributed by atoms with Gasteiger partial charge in [-0.25, -0.2) is 4.98 Å². The van der Waals surface area contributed by atoms with Crippen molar-refractivity contribution in [1.82, 2.24) is 14.8 Å². The highest BCUT2D eigenvalue weighted by Crippen LogP contribution is 2.14. The molecule has 1 rings (SSSR count). The molecule has 1 aromatic heterocycles. The normalized spacial score (nSPS) is 14.2. The molecule has 14 heavy (non-hydrogen) atoms. The summed E-state index contributed by atoms with van der Waals surface area (Å²) in [6, 6.07) is 0. The van der Waals surface area contributed by atoms with Gasteiger partial charge in [-0.05, 0) is 13.8 Å². The summed E-state index contributed by atoms with van der Waals surface area (Å²) in [6.45, 7) is 3.12. The van der Waals surface area contributed by atoms with E-state index in [2.05, 4.69) is 10.1 Å². The number of hydrogen-bond donors (Lipinski definition) is 0. The van der Waals surface area contributed by atoms with Gasteiger partial charge in [-0.2, -0.15) is 13.5 Å². The van der Waals surface area contributed by atoms with Gasteiger partial charge in [-0.1, -0.05) is 0 Å². The molecular weight excluding hydrogens is 206 g/mol. The average molecular weight is 219 g/mol. The fourth-order valence-corrected chi connectivity index (χ4v) is 1.54. The van der Waals surface area contributed by atoms with E-state index in [0.29, 0.717) is 5.82 Å². The maximum Gasteiger partial charge on any atom is 0.267 e. The Balaban J connectivity index is 2.73. The van der Waals surface area contributed by atoms with E-state index in [1.807, 2.05) is 0 Å². The second-order valence-corrected chi connectivity index (χ2v) is 4.75. The lowest BCUT2D eigenvalue weighted by molar-refractivity contribution is 0.224. The third kappa shape index (κ3) is 2.78. The van der Waals surface area contributed by atoms with Crippen molar-refractivity contribution in [3.8, 4) is 0 Å². The number of aromatic nitrogens is 3. The molecule has 0 fully saturated rings. The van der Waals surface area contributed by atoms with Crippen LogP contribution in [0.5, 0.6) is 0 Å². The molecular formula is C7H13N3O3S. The van der Waals surface area contributed by atoms with Crippen LogP contribution in [0.4, 0.5) is 0 Å². The predicted octanol–water partition coefficient (Wildman–Crippen LogP) is 0.242. The summed E-state index contributed by atoms with van der Waals surface area (Å²) in [7, 11) is -1.74. The lowest BCUT2D eigenvalue weighted by atomic mass is 10.4. The molecule has 0 radical (unpaired) electrons. The van der Waals surface area contributed by atoms with Crippen LogP contribution >= 0.6 is 0 Å². The minimum atomic E-state index is -3.45. The maximum atomic E-state index is 11.1. The van der Waals surface area contributed by atoms with E-state index in [9.17, 15) is 8.42 Å². The molecule has 1 heterocycles. The van der Waals surface area contributed by atoms with E-state index in [4.69, 9.17) is 4.18 Å². The highest BCUT2D eigenvalue weighted by molar-refractivity contribution is 7.86. The van der Waals surface area contributed by atoms with Crippen LogP contribution in [-0.4, -0.2) is 28.9 Å². The molecule has 6 nitrogen and oxygen atoms in total. The molecule has 0 aliphatic carbocycles. The molecule has 0 saturated carbocycles. The van der Waals surface area contributed by atoms with Crippen LogP contribution in [-0.2, 0) is 21.3 Å². The second kappa shape index (κ2) is 4.05. The fourth-order valence-electron chi connectivity index (χ4n) is 0.873. The van der Waals surface area contributed by atoms with Gasteiger partial charge in [0.05, 0.1) is 5.75 Å². The molecule has 80 valence electrons.